The van der Waals surface area contributed by atoms with E-state index in [0.29, 0.717) is 0 Å². The maximum Gasteiger partial charge on any atom is 0.122 e. The van der Waals surface area contributed by atoms with Gasteiger partial charge >= 0.3 is 0 Å². The molecule has 2 aliphatic rings. The number of piperazine rings is 1. The Morgan fingerprint density at radius 2 is 2.19 bits per heavy atom. The Morgan fingerprint density at radius 3 is 2.90 bits per heavy atom. The van der Waals surface area contributed by atoms with Crippen LogP contribution in [0.4, 0.5) is 0 Å². The van der Waals surface area contributed by atoms with Crippen molar-refractivity contribution in [2.75, 3.05) is 53.0 Å². The van der Waals surface area contributed by atoms with E-state index in [9.17, 15) is 0 Å². The molecule has 0 unspecified atom stereocenters. The number of nitrogens with one attached hydrogen (secondary N) is 1. The number of ether oxygens (including phenoxy) is 1. The van der Waals surface area contributed by atoms with Crippen LogP contribution in [0.5, 0.6) is 0 Å². The van der Waals surface area contributed by atoms with E-state index in [-0.39, 0.29) is 0 Å². The highest BCUT2D eigenvalue weighted by atomic mass is 16.5. The number of aromatic nitrogens is 2. The number of imidazole rings is 1. The van der Waals surface area contributed by atoms with Gasteiger partial charge in [0.05, 0.1) is 13.2 Å². The zero-order valence-electron chi connectivity index (χ0n) is 13.0. The Bertz CT molecular complexity index is 421. The first kappa shape index (κ1) is 15.0. The van der Waals surface area contributed by atoms with Gasteiger partial charge in [0.15, 0.2) is 0 Å². The average molecular weight is 293 g/mol. The molecule has 0 radical (unpaired) electrons. The second-order valence-electron chi connectivity index (χ2n) is 5.99. The van der Waals surface area contributed by atoms with Gasteiger partial charge in [0.2, 0.25) is 0 Å². The maximum absolute atomic E-state index is 5.16. The zero-order chi connectivity index (χ0) is 14.5. The van der Waals surface area contributed by atoms with Crippen molar-refractivity contribution in [3.63, 3.8) is 0 Å². The Kier molecular flexibility index (Phi) is 5.24. The molecule has 1 N–H and O–H groups in total. The van der Waals surface area contributed by atoms with Crippen LogP contribution in [0.2, 0.25) is 0 Å². The van der Waals surface area contributed by atoms with E-state index in [1.165, 1.54) is 32.6 Å². The zero-order valence-corrected chi connectivity index (χ0v) is 13.0. The summed E-state index contributed by atoms with van der Waals surface area (Å²) in [6.45, 7) is 9.60. The molecule has 3 heterocycles. The van der Waals surface area contributed by atoms with E-state index in [4.69, 9.17) is 4.74 Å². The SMILES string of the molecule is COCCn1ccnc1CN1CCN([C@@H]2CCNC2)CC1. The lowest BCUT2D eigenvalue weighted by Crippen LogP contribution is -2.50. The number of methoxy groups -OCH3 is 1. The highest BCUT2D eigenvalue weighted by Gasteiger charge is 2.26. The molecule has 1 atom stereocenters. The minimum absolute atomic E-state index is 0.742. The van der Waals surface area contributed by atoms with Gasteiger partial charge in [0.25, 0.3) is 0 Å². The van der Waals surface area contributed by atoms with Crippen molar-refractivity contribution in [1.82, 2.24) is 24.7 Å². The molecule has 3 rings (SSSR count). The molecule has 1 aromatic rings. The Morgan fingerprint density at radius 1 is 1.33 bits per heavy atom. The summed E-state index contributed by atoms with van der Waals surface area (Å²) in [6.07, 6.45) is 5.25. The van der Waals surface area contributed by atoms with Crippen LogP contribution in [-0.4, -0.2) is 78.4 Å². The summed E-state index contributed by atoms with van der Waals surface area (Å²) in [6, 6.07) is 0.760. The summed E-state index contributed by atoms with van der Waals surface area (Å²) in [5.41, 5.74) is 0. The second-order valence-corrected chi connectivity index (χ2v) is 5.99. The summed E-state index contributed by atoms with van der Waals surface area (Å²) < 4.78 is 7.36. The predicted octanol–water partition coefficient (Wildman–Crippen LogP) is 0.00900. The van der Waals surface area contributed by atoms with Crippen LogP contribution in [0, 0.1) is 0 Å². The third-order valence-corrected chi connectivity index (χ3v) is 4.66. The van der Waals surface area contributed by atoms with Crippen LogP contribution in [0.1, 0.15) is 12.2 Å². The smallest absolute Gasteiger partial charge is 0.122 e. The fourth-order valence-electron chi connectivity index (χ4n) is 3.32. The monoisotopic (exact) mass is 293 g/mol. The molecule has 0 aliphatic carbocycles. The van der Waals surface area contributed by atoms with Gasteiger partial charge in [-0.3, -0.25) is 9.80 Å². The standard InChI is InChI=1S/C15H27N5O/c1-21-11-10-20-5-4-17-15(20)13-18-6-8-19(9-7-18)14-2-3-16-12-14/h4-5,14,16H,2-3,6-13H2,1H3/t14-/m1/s1. The molecule has 6 heteroatoms. The average Bonchev–Trinajstić information content (AvgIpc) is 3.18. The molecule has 1 aromatic heterocycles. The lowest BCUT2D eigenvalue weighted by atomic mass is 10.2. The van der Waals surface area contributed by atoms with Crippen molar-refractivity contribution in [2.45, 2.75) is 25.6 Å². The molecule has 0 aromatic carbocycles. The van der Waals surface area contributed by atoms with E-state index >= 15 is 0 Å². The first-order chi connectivity index (χ1) is 10.4. The van der Waals surface area contributed by atoms with Crippen molar-refractivity contribution in [3.8, 4) is 0 Å². The lowest BCUT2D eigenvalue weighted by molar-refractivity contribution is 0.0952. The molecule has 6 nitrogen and oxygen atoms in total. The number of hydrogen-bond acceptors (Lipinski definition) is 5. The third-order valence-electron chi connectivity index (χ3n) is 4.66. The molecule has 2 fully saturated rings. The van der Waals surface area contributed by atoms with Crippen LogP contribution < -0.4 is 5.32 Å². The Hall–Kier alpha value is -0.950. The van der Waals surface area contributed by atoms with Gasteiger partial charge in [-0.1, -0.05) is 0 Å². The molecule has 0 bridgehead atoms. The fraction of sp³-hybridized carbons (Fsp3) is 0.800. The minimum atomic E-state index is 0.742. The second kappa shape index (κ2) is 7.35. The number of hydrogen-bond donors (Lipinski definition) is 1. The molecule has 118 valence electrons. The van der Waals surface area contributed by atoms with Crippen molar-refractivity contribution in [2.24, 2.45) is 0 Å². The Labute approximate surface area is 127 Å². The Balaban J connectivity index is 1.47. The molecular weight excluding hydrogens is 266 g/mol. The summed E-state index contributed by atoms with van der Waals surface area (Å²) in [5, 5.41) is 3.46. The van der Waals surface area contributed by atoms with Crippen LogP contribution in [0.3, 0.4) is 0 Å². The quantitative estimate of drug-likeness (QED) is 0.800. The van der Waals surface area contributed by atoms with Gasteiger partial charge in [-0.15, -0.1) is 0 Å². The molecular formula is C15H27N5O. The van der Waals surface area contributed by atoms with Gasteiger partial charge in [0, 0.05) is 64.8 Å². The molecule has 0 saturated carbocycles. The highest BCUT2D eigenvalue weighted by Crippen LogP contribution is 2.13. The van der Waals surface area contributed by atoms with Gasteiger partial charge in [-0.25, -0.2) is 4.98 Å². The van der Waals surface area contributed by atoms with E-state index < -0.39 is 0 Å². The first-order valence-electron chi connectivity index (χ1n) is 8.03. The van der Waals surface area contributed by atoms with E-state index in [2.05, 4.69) is 30.9 Å². The topological polar surface area (TPSA) is 45.6 Å². The maximum atomic E-state index is 5.16. The van der Waals surface area contributed by atoms with E-state index in [1.54, 1.807) is 7.11 Å². The number of rotatable bonds is 6. The van der Waals surface area contributed by atoms with Gasteiger partial charge in [-0.2, -0.15) is 0 Å². The minimum Gasteiger partial charge on any atom is -0.383 e. The van der Waals surface area contributed by atoms with Crippen molar-refractivity contribution >= 4 is 0 Å². The summed E-state index contributed by atoms with van der Waals surface area (Å²) in [7, 11) is 1.74. The fourth-order valence-corrected chi connectivity index (χ4v) is 3.32. The predicted molar refractivity (Wildman–Crippen MR) is 82.2 cm³/mol. The summed E-state index contributed by atoms with van der Waals surface area (Å²) >= 11 is 0. The summed E-state index contributed by atoms with van der Waals surface area (Å²) in [4.78, 5) is 9.67. The van der Waals surface area contributed by atoms with Crippen LogP contribution in [0.25, 0.3) is 0 Å². The van der Waals surface area contributed by atoms with Crippen LogP contribution in [0.15, 0.2) is 12.4 Å². The van der Waals surface area contributed by atoms with Crippen LogP contribution in [-0.2, 0) is 17.8 Å². The largest absolute Gasteiger partial charge is 0.383 e. The van der Waals surface area contributed by atoms with Gasteiger partial charge in [0.1, 0.15) is 5.82 Å². The van der Waals surface area contributed by atoms with Gasteiger partial charge in [-0.05, 0) is 13.0 Å². The van der Waals surface area contributed by atoms with E-state index in [1.807, 2.05) is 6.20 Å². The molecule has 0 amide bonds. The summed E-state index contributed by atoms with van der Waals surface area (Å²) in [5.74, 6) is 1.16. The van der Waals surface area contributed by atoms with Crippen molar-refractivity contribution in [1.29, 1.82) is 0 Å². The molecule has 2 saturated heterocycles. The van der Waals surface area contributed by atoms with E-state index in [0.717, 1.165) is 44.7 Å². The molecule has 2 aliphatic heterocycles. The third kappa shape index (κ3) is 3.83. The van der Waals surface area contributed by atoms with Crippen molar-refractivity contribution in [3.05, 3.63) is 18.2 Å². The highest BCUT2D eigenvalue weighted by molar-refractivity contribution is 4.94. The lowest BCUT2D eigenvalue weighted by Gasteiger charge is -2.37. The number of nitrogens with zero attached hydrogens (tertiary/aromatic N) is 4. The first-order valence-corrected chi connectivity index (χ1v) is 8.03. The normalized spacial score (nSPS) is 24.7. The molecule has 21 heavy (non-hydrogen) atoms. The van der Waals surface area contributed by atoms with Crippen molar-refractivity contribution < 1.29 is 4.74 Å². The van der Waals surface area contributed by atoms with Crippen LogP contribution >= 0.6 is 0 Å². The molecule has 0 spiro atoms. The van der Waals surface area contributed by atoms with Gasteiger partial charge < -0.3 is 14.6 Å².